The average molecular weight is 331 g/mol. The van der Waals surface area contributed by atoms with Crippen molar-refractivity contribution in [1.82, 2.24) is 19.5 Å². The summed E-state index contributed by atoms with van der Waals surface area (Å²) in [5, 5.41) is 16.3. The van der Waals surface area contributed by atoms with Crippen LogP contribution in [0.3, 0.4) is 0 Å². The number of benzene rings is 1. The highest BCUT2D eigenvalue weighted by Crippen LogP contribution is 2.20. The zero-order chi connectivity index (χ0) is 15.6. The minimum atomic E-state index is -3.88. The van der Waals surface area contributed by atoms with E-state index in [4.69, 9.17) is 16.7 Å². The van der Waals surface area contributed by atoms with E-state index in [0.29, 0.717) is 5.82 Å². The summed E-state index contributed by atoms with van der Waals surface area (Å²) in [5.74, 6) is -0.878. The van der Waals surface area contributed by atoms with Crippen LogP contribution in [0, 0.1) is 0 Å². The third-order valence-corrected chi connectivity index (χ3v) is 4.43. The second-order valence-electron chi connectivity index (χ2n) is 4.13. The van der Waals surface area contributed by atoms with E-state index in [2.05, 4.69) is 14.9 Å². The van der Waals surface area contributed by atoms with Crippen molar-refractivity contribution in [2.45, 2.75) is 11.4 Å². The van der Waals surface area contributed by atoms with E-state index < -0.39 is 16.0 Å². The normalized spacial score (nSPS) is 11.5. The van der Waals surface area contributed by atoms with Gasteiger partial charge in [-0.15, -0.1) is 10.2 Å². The largest absolute Gasteiger partial charge is 0.478 e. The lowest BCUT2D eigenvalue weighted by Crippen LogP contribution is -2.25. The summed E-state index contributed by atoms with van der Waals surface area (Å²) < 4.78 is 28.1. The van der Waals surface area contributed by atoms with Gasteiger partial charge >= 0.3 is 5.97 Å². The highest BCUT2D eigenvalue weighted by molar-refractivity contribution is 7.89. The topological polar surface area (TPSA) is 114 Å². The Bertz CT molecular complexity index is 787. The fourth-order valence-corrected chi connectivity index (χ4v) is 2.75. The monoisotopic (exact) mass is 330 g/mol. The maximum absolute atomic E-state index is 12.1. The lowest BCUT2D eigenvalue weighted by molar-refractivity contribution is 0.0697. The number of sulfonamides is 1. The fraction of sp³-hybridized carbons (Fsp3) is 0.182. The molecule has 112 valence electrons. The number of carboxylic acid groups (broad SMARTS) is 1. The molecule has 0 aliphatic heterocycles. The summed E-state index contributed by atoms with van der Waals surface area (Å²) in [5.41, 5.74) is -0.279. The fourth-order valence-electron chi connectivity index (χ4n) is 1.55. The van der Waals surface area contributed by atoms with E-state index in [9.17, 15) is 13.2 Å². The predicted molar refractivity (Wildman–Crippen MR) is 73.4 cm³/mol. The molecule has 0 atom stereocenters. The summed E-state index contributed by atoms with van der Waals surface area (Å²) >= 11 is 5.70. The first-order chi connectivity index (χ1) is 9.81. The highest BCUT2D eigenvalue weighted by Gasteiger charge is 2.19. The zero-order valence-corrected chi connectivity index (χ0v) is 12.4. The van der Waals surface area contributed by atoms with Crippen LogP contribution in [-0.2, 0) is 23.6 Å². The molecule has 10 heteroatoms. The van der Waals surface area contributed by atoms with Gasteiger partial charge in [0.2, 0.25) is 10.0 Å². The van der Waals surface area contributed by atoms with E-state index >= 15 is 0 Å². The third-order valence-electron chi connectivity index (χ3n) is 2.70. The van der Waals surface area contributed by atoms with Crippen molar-refractivity contribution < 1.29 is 18.3 Å². The lowest BCUT2D eigenvalue weighted by Gasteiger charge is -2.08. The lowest BCUT2D eigenvalue weighted by atomic mass is 10.2. The Morgan fingerprint density at radius 2 is 2.19 bits per heavy atom. The Morgan fingerprint density at radius 1 is 1.48 bits per heavy atom. The molecule has 0 bridgehead atoms. The molecule has 1 aromatic carbocycles. The van der Waals surface area contributed by atoms with Crippen LogP contribution in [0.5, 0.6) is 0 Å². The number of aromatic carboxylic acids is 1. The van der Waals surface area contributed by atoms with Crippen LogP contribution in [0.25, 0.3) is 0 Å². The SMILES string of the molecule is Cn1cnnc1CNS(=O)(=O)c1ccc(Cl)c(C(=O)O)c1. The van der Waals surface area contributed by atoms with E-state index in [1.807, 2.05) is 0 Å². The summed E-state index contributed by atoms with van der Waals surface area (Å²) in [4.78, 5) is 10.8. The molecule has 0 amide bonds. The van der Waals surface area contributed by atoms with Gasteiger partial charge in [0.1, 0.15) is 12.2 Å². The van der Waals surface area contributed by atoms with E-state index in [1.165, 1.54) is 18.5 Å². The van der Waals surface area contributed by atoms with Gasteiger partial charge in [0.25, 0.3) is 0 Å². The Kier molecular flexibility index (Phi) is 4.26. The minimum absolute atomic E-state index is 0.0326. The first-order valence-corrected chi connectivity index (χ1v) is 7.53. The van der Waals surface area contributed by atoms with Gasteiger partial charge in [-0.2, -0.15) is 0 Å². The summed E-state index contributed by atoms with van der Waals surface area (Å²) in [6.45, 7) is -0.0656. The molecule has 0 saturated carbocycles. The number of aryl methyl sites for hydroxylation is 1. The summed E-state index contributed by atoms with van der Waals surface area (Å²) in [6, 6.07) is 3.46. The maximum atomic E-state index is 12.1. The Labute approximate surface area is 125 Å². The molecule has 2 N–H and O–H groups in total. The molecule has 0 spiro atoms. The Hall–Kier alpha value is -1.97. The van der Waals surface area contributed by atoms with Crippen LogP contribution >= 0.6 is 11.6 Å². The molecule has 8 nitrogen and oxygen atoms in total. The number of hydrogen-bond acceptors (Lipinski definition) is 5. The molecule has 1 aromatic heterocycles. The molecule has 2 aromatic rings. The quantitative estimate of drug-likeness (QED) is 0.831. The molecular formula is C11H11ClN4O4S. The molecule has 0 aliphatic carbocycles. The van der Waals surface area contributed by atoms with Crippen molar-refractivity contribution in [2.24, 2.45) is 7.05 Å². The predicted octanol–water partition coefficient (Wildman–Crippen LogP) is 0.645. The summed E-state index contributed by atoms with van der Waals surface area (Å²) in [7, 11) is -2.20. The Morgan fingerprint density at radius 3 is 2.76 bits per heavy atom. The van der Waals surface area contributed by atoms with Crippen LogP contribution in [-0.4, -0.2) is 34.3 Å². The molecule has 0 fully saturated rings. The second-order valence-corrected chi connectivity index (χ2v) is 6.30. The van der Waals surface area contributed by atoms with Gasteiger partial charge in [0, 0.05) is 7.05 Å². The maximum Gasteiger partial charge on any atom is 0.337 e. The van der Waals surface area contributed by atoms with Crippen molar-refractivity contribution in [3.05, 3.63) is 40.9 Å². The molecule has 2 rings (SSSR count). The van der Waals surface area contributed by atoms with Crippen molar-refractivity contribution in [3.63, 3.8) is 0 Å². The van der Waals surface area contributed by atoms with Crippen LogP contribution < -0.4 is 4.72 Å². The van der Waals surface area contributed by atoms with E-state index in [0.717, 1.165) is 6.07 Å². The number of halogens is 1. The highest BCUT2D eigenvalue weighted by atomic mass is 35.5. The van der Waals surface area contributed by atoms with Crippen molar-refractivity contribution in [2.75, 3.05) is 0 Å². The molecule has 1 heterocycles. The van der Waals surface area contributed by atoms with Gasteiger partial charge < -0.3 is 9.67 Å². The molecule has 0 saturated heterocycles. The third kappa shape index (κ3) is 3.38. The number of carbonyl (C=O) groups is 1. The van der Waals surface area contributed by atoms with E-state index in [1.54, 1.807) is 11.6 Å². The van der Waals surface area contributed by atoms with Gasteiger partial charge in [-0.3, -0.25) is 0 Å². The number of rotatable bonds is 5. The van der Waals surface area contributed by atoms with Crippen molar-refractivity contribution in [1.29, 1.82) is 0 Å². The number of carboxylic acids is 1. The van der Waals surface area contributed by atoms with Gasteiger partial charge in [-0.25, -0.2) is 17.9 Å². The smallest absolute Gasteiger partial charge is 0.337 e. The minimum Gasteiger partial charge on any atom is -0.478 e. The zero-order valence-electron chi connectivity index (χ0n) is 10.8. The molecule has 21 heavy (non-hydrogen) atoms. The van der Waals surface area contributed by atoms with Crippen molar-refractivity contribution in [3.8, 4) is 0 Å². The Balaban J connectivity index is 2.26. The van der Waals surface area contributed by atoms with Gasteiger partial charge in [0.05, 0.1) is 22.0 Å². The van der Waals surface area contributed by atoms with Crippen LogP contribution in [0.4, 0.5) is 0 Å². The van der Waals surface area contributed by atoms with Crippen LogP contribution in [0.2, 0.25) is 5.02 Å². The first kappa shape index (κ1) is 15.4. The second kappa shape index (κ2) is 5.80. The van der Waals surface area contributed by atoms with E-state index in [-0.39, 0.29) is 22.0 Å². The van der Waals surface area contributed by atoms with Gasteiger partial charge in [-0.05, 0) is 18.2 Å². The first-order valence-electron chi connectivity index (χ1n) is 5.66. The van der Waals surface area contributed by atoms with Gasteiger partial charge in [-0.1, -0.05) is 11.6 Å². The number of hydrogen-bond donors (Lipinski definition) is 2. The van der Waals surface area contributed by atoms with Crippen LogP contribution in [0.1, 0.15) is 16.2 Å². The van der Waals surface area contributed by atoms with Crippen molar-refractivity contribution >= 4 is 27.6 Å². The molecular weight excluding hydrogens is 320 g/mol. The molecule has 0 radical (unpaired) electrons. The number of nitrogens with one attached hydrogen (secondary N) is 1. The number of nitrogens with zero attached hydrogens (tertiary/aromatic N) is 3. The molecule has 0 unspecified atom stereocenters. The van der Waals surface area contributed by atoms with Crippen LogP contribution in [0.15, 0.2) is 29.4 Å². The number of aromatic nitrogens is 3. The van der Waals surface area contributed by atoms with Gasteiger partial charge in [0.15, 0.2) is 0 Å². The average Bonchev–Trinajstić information content (AvgIpc) is 2.82. The molecule has 0 aliphatic rings. The summed E-state index contributed by atoms with van der Waals surface area (Å²) in [6.07, 6.45) is 1.44. The standard InChI is InChI=1S/C11H11ClN4O4S/c1-16-6-13-15-10(16)5-14-21(19,20)7-2-3-9(12)8(4-7)11(17)18/h2-4,6,14H,5H2,1H3,(H,17,18).